The molecule has 3 rings (SSSR count). The second kappa shape index (κ2) is 8.77. The van der Waals surface area contributed by atoms with Crippen LogP contribution in [-0.2, 0) is 11.2 Å². The van der Waals surface area contributed by atoms with Crippen LogP contribution in [0.25, 0.3) is 11.5 Å². The van der Waals surface area contributed by atoms with Gasteiger partial charge in [-0.05, 0) is 48.5 Å². The number of carbonyl (C=O) groups excluding carboxylic acids is 2. The molecular weight excluding hydrogens is 361 g/mol. The summed E-state index contributed by atoms with van der Waals surface area (Å²) in [4.78, 5) is 28.0. The van der Waals surface area contributed by atoms with Gasteiger partial charge in [-0.15, -0.1) is 0 Å². The van der Waals surface area contributed by atoms with Gasteiger partial charge in [0.2, 0.25) is 11.8 Å². The van der Waals surface area contributed by atoms with Crippen LogP contribution in [0.3, 0.4) is 0 Å². The molecule has 0 saturated heterocycles. The molecule has 2 N–H and O–H groups in total. The number of hydrogen-bond acceptors (Lipinski definition) is 4. The first-order valence-corrected chi connectivity index (χ1v) is 8.57. The SMILES string of the molecule is C=CC(=O)Nc1cccc(C(=O)NCCc2coc(-c3ccc(F)cc3)n2)c1. The minimum atomic E-state index is -0.347. The first-order valence-electron chi connectivity index (χ1n) is 8.57. The van der Waals surface area contributed by atoms with Gasteiger partial charge in [-0.1, -0.05) is 12.6 Å². The number of carbonyl (C=O) groups is 2. The number of nitrogens with zero attached hydrogens (tertiary/aromatic N) is 1. The van der Waals surface area contributed by atoms with Crippen LogP contribution in [0, 0.1) is 5.82 Å². The quantitative estimate of drug-likeness (QED) is 0.615. The highest BCUT2D eigenvalue weighted by Gasteiger charge is 2.09. The van der Waals surface area contributed by atoms with Gasteiger partial charge < -0.3 is 15.1 Å². The van der Waals surface area contributed by atoms with Crippen molar-refractivity contribution in [1.82, 2.24) is 10.3 Å². The standard InChI is InChI=1S/C21H18FN3O3/c1-2-19(26)24-17-5-3-4-15(12-17)20(27)23-11-10-18-13-28-21(25-18)14-6-8-16(22)9-7-14/h2-9,12-13H,1,10-11H2,(H,23,27)(H,24,26). The van der Waals surface area contributed by atoms with E-state index >= 15 is 0 Å². The number of nitrogens with one attached hydrogen (secondary N) is 2. The van der Waals surface area contributed by atoms with Gasteiger partial charge in [0.15, 0.2) is 0 Å². The zero-order valence-corrected chi connectivity index (χ0v) is 14.9. The summed E-state index contributed by atoms with van der Waals surface area (Å²) in [5.41, 5.74) is 2.29. The summed E-state index contributed by atoms with van der Waals surface area (Å²) >= 11 is 0. The number of benzene rings is 2. The molecule has 0 aliphatic heterocycles. The van der Waals surface area contributed by atoms with Crippen LogP contribution >= 0.6 is 0 Å². The van der Waals surface area contributed by atoms with E-state index in [-0.39, 0.29) is 17.6 Å². The fourth-order valence-corrected chi connectivity index (χ4v) is 2.48. The number of halogens is 1. The maximum Gasteiger partial charge on any atom is 0.251 e. The number of oxazole rings is 1. The lowest BCUT2D eigenvalue weighted by Gasteiger charge is -2.07. The number of hydrogen-bond donors (Lipinski definition) is 2. The Hall–Kier alpha value is -3.74. The monoisotopic (exact) mass is 379 g/mol. The van der Waals surface area contributed by atoms with Crippen LogP contribution in [0.1, 0.15) is 16.1 Å². The highest BCUT2D eigenvalue weighted by Crippen LogP contribution is 2.19. The largest absolute Gasteiger partial charge is 0.444 e. The van der Waals surface area contributed by atoms with Crippen molar-refractivity contribution < 1.29 is 18.4 Å². The summed E-state index contributed by atoms with van der Waals surface area (Å²) in [6.45, 7) is 3.75. The van der Waals surface area contributed by atoms with E-state index < -0.39 is 0 Å². The van der Waals surface area contributed by atoms with E-state index in [0.29, 0.717) is 41.4 Å². The smallest absolute Gasteiger partial charge is 0.251 e. The van der Waals surface area contributed by atoms with Gasteiger partial charge >= 0.3 is 0 Å². The minimum Gasteiger partial charge on any atom is -0.444 e. The highest BCUT2D eigenvalue weighted by atomic mass is 19.1. The van der Waals surface area contributed by atoms with E-state index in [1.54, 1.807) is 36.4 Å². The predicted octanol–water partition coefficient (Wildman–Crippen LogP) is 3.58. The normalized spacial score (nSPS) is 10.3. The number of rotatable bonds is 7. The van der Waals surface area contributed by atoms with Crippen LogP contribution < -0.4 is 10.6 Å². The lowest BCUT2D eigenvalue weighted by atomic mass is 10.2. The van der Waals surface area contributed by atoms with Gasteiger partial charge in [-0.2, -0.15) is 0 Å². The summed E-state index contributed by atoms with van der Waals surface area (Å²) < 4.78 is 18.4. The molecule has 2 amide bonds. The van der Waals surface area contributed by atoms with Crippen molar-refractivity contribution in [1.29, 1.82) is 0 Å². The van der Waals surface area contributed by atoms with E-state index in [2.05, 4.69) is 22.2 Å². The lowest BCUT2D eigenvalue weighted by Crippen LogP contribution is -2.25. The number of amides is 2. The molecule has 0 bridgehead atoms. The molecule has 7 heteroatoms. The highest BCUT2D eigenvalue weighted by molar-refractivity contribution is 6.00. The molecule has 1 aromatic heterocycles. The van der Waals surface area contributed by atoms with Crippen molar-refractivity contribution in [3.63, 3.8) is 0 Å². The Morgan fingerprint density at radius 2 is 1.96 bits per heavy atom. The fraction of sp³-hybridized carbons (Fsp3) is 0.0952. The molecule has 142 valence electrons. The summed E-state index contributed by atoms with van der Waals surface area (Å²) in [6.07, 6.45) is 3.14. The predicted molar refractivity (Wildman–Crippen MR) is 103 cm³/mol. The second-order valence-electron chi connectivity index (χ2n) is 5.93. The minimum absolute atomic E-state index is 0.267. The van der Waals surface area contributed by atoms with Gasteiger partial charge in [-0.3, -0.25) is 9.59 Å². The zero-order chi connectivity index (χ0) is 19.9. The Morgan fingerprint density at radius 1 is 1.18 bits per heavy atom. The van der Waals surface area contributed by atoms with Crippen molar-refractivity contribution >= 4 is 17.5 Å². The molecule has 0 aliphatic rings. The summed E-state index contributed by atoms with van der Waals surface area (Å²) in [5.74, 6) is -0.545. The Morgan fingerprint density at radius 3 is 2.71 bits per heavy atom. The molecule has 0 radical (unpaired) electrons. The van der Waals surface area contributed by atoms with Gasteiger partial charge in [0.1, 0.15) is 12.1 Å². The summed E-state index contributed by atoms with van der Waals surface area (Å²) in [6, 6.07) is 12.5. The maximum absolute atomic E-state index is 13.0. The first kappa shape index (κ1) is 19.0. The van der Waals surface area contributed by atoms with E-state index in [1.165, 1.54) is 18.4 Å². The maximum atomic E-state index is 13.0. The second-order valence-corrected chi connectivity index (χ2v) is 5.93. The molecule has 2 aromatic carbocycles. The van der Waals surface area contributed by atoms with E-state index in [4.69, 9.17) is 4.42 Å². The molecule has 0 aliphatic carbocycles. The molecule has 28 heavy (non-hydrogen) atoms. The number of aromatic nitrogens is 1. The lowest BCUT2D eigenvalue weighted by molar-refractivity contribution is -0.111. The van der Waals surface area contributed by atoms with E-state index in [9.17, 15) is 14.0 Å². The molecule has 3 aromatic rings. The van der Waals surface area contributed by atoms with Gasteiger partial charge in [0, 0.05) is 29.8 Å². The summed E-state index contributed by atoms with van der Waals surface area (Å²) in [7, 11) is 0. The van der Waals surface area contributed by atoms with Crippen molar-refractivity contribution in [2.45, 2.75) is 6.42 Å². The Balaban J connectivity index is 1.54. The molecule has 0 fully saturated rings. The fourth-order valence-electron chi connectivity index (χ4n) is 2.48. The number of anilines is 1. The van der Waals surface area contributed by atoms with Crippen LogP contribution in [0.4, 0.5) is 10.1 Å². The third kappa shape index (κ3) is 4.91. The van der Waals surface area contributed by atoms with E-state index in [0.717, 1.165) is 6.08 Å². The molecular formula is C21H18FN3O3. The Kier molecular flexibility index (Phi) is 5.96. The van der Waals surface area contributed by atoms with E-state index in [1.807, 2.05) is 0 Å². The van der Waals surface area contributed by atoms with Crippen LogP contribution in [0.15, 0.2) is 71.9 Å². The van der Waals surface area contributed by atoms with Crippen LogP contribution in [-0.4, -0.2) is 23.3 Å². The first-order chi connectivity index (χ1) is 13.5. The average Bonchev–Trinajstić information content (AvgIpc) is 3.17. The van der Waals surface area contributed by atoms with Crippen molar-refractivity contribution in [2.24, 2.45) is 0 Å². The Labute approximate surface area is 161 Å². The molecule has 0 saturated carbocycles. The van der Waals surface area contributed by atoms with Gasteiger partial charge in [0.25, 0.3) is 5.91 Å². The van der Waals surface area contributed by atoms with Crippen LogP contribution in [0.5, 0.6) is 0 Å². The average molecular weight is 379 g/mol. The van der Waals surface area contributed by atoms with Gasteiger partial charge in [-0.25, -0.2) is 9.37 Å². The molecule has 1 heterocycles. The molecule has 0 atom stereocenters. The van der Waals surface area contributed by atoms with Crippen LogP contribution in [0.2, 0.25) is 0 Å². The molecule has 0 unspecified atom stereocenters. The van der Waals surface area contributed by atoms with Crippen molar-refractivity contribution in [2.75, 3.05) is 11.9 Å². The third-order valence-electron chi connectivity index (χ3n) is 3.89. The van der Waals surface area contributed by atoms with Gasteiger partial charge in [0.05, 0.1) is 5.69 Å². The van der Waals surface area contributed by atoms with Crippen molar-refractivity contribution in [3.05, 3.63) is 84.5 Å². The Bertz CT molecular complexity index is 996. The topological polar surface area (TPSA) is 84.2 Å². The molecule has 6 nitrogen and oxygen atoms in total. The summed E-state index contributed by atoms with van der Waals surface area (Å²) in [5, 5.41) is 5.40. The zero-order valence-electron chi connectivity index (χ0n) is 14.9. The van der Waals surface area contributed by atoms with Crippen molar-refractivity contribution in [3.8, 4) is 11.5 Å². The molecule has 0 spiro atoms. The third-order valence-corrected chi connectivity index (χ3v) is 3.89.